The minimum absolute atomic E-state index is 0.167. The standard InChI is InChI=1S/C25H20ClF2N3O3/c26-18-3-1-2-15(10-18)4-5-21-22(23(31-25(33)30-21)17-6-8-29-9-7-17)24(32)34-14-16-11-19(27)13-20(28)12-16/h1-3,6-13,23H,4-5,14H2,(H2,30,31,33). The highest BCUT2D eigenvalue weighted by atomic mass is 35.5. The summed E-state index contributed by atoms with van der Waals surface area (Å²) in [5.74, 6) is -2.26. The Hall–Kier alpha value is -3.78. The topological polar surface area (TPSA) is 80.3 Å². The molecule has 2 amide bonds. The van der Waals surface area contributed by atoms with Gasteiger partial charge in [-0.25, -0.2) is 18.4 Å². The van der Waals surface area contributed by atoms with E-state index in [-0.39, 0.29) is 17.7 Å². The number of nitrogens with one attached hydrogen (secondary N) is 2. The normalized spacial score (nSPS) is 15.5. The number of aryl methyl sites for hydroxylation is 1. The summed E-state index contributed by atoms with van der Waals surface area (Å²) in [5, 5.41) is 6.03. The molecule has 1 atom stereocenters. The van der Waals surface area contributed by atoms with E-state index in [2.05, 4.69) is 15.6 Å². The lowest BCUT2D eigenvalue weighted by Gasteiger charge is -2.29. The number of ether oxygens (including phenoxy) is 1. The van der Waals surface area contributed by atoms with E-state index in [9.17, 15) is 18.4 Å². The summed E-state index contributed by atoms with van der Waals surface area (Å²) < 4.78 is 32.5. The summed E-state index contributed by atoms with van der Waals surface area (Å²) in [7, 11) is 0. The van der Waals surface area contributed by atoms with Crippen LogP contribution in [0.25, 0.3) is 0 Å². The van der Waals surface area contributed by atoms with Crippen molar-refractivity contribution in [2.75, 3.05) is 0 Å². The van der Waals surface area contributed by atoms with Crippen LogP contribution in [0.2, 0.25) is 5.02 Å². The van der Waals surface area contributed by atoms with Gasteiger partial charge in [0.1, 0.15) is 18.2 Å². The maximum Gasteiger partial charge on any atom is 0.338 e. The van der Waals surface area contributed by atoms with E-state index in [1.165, 1.54) is 0 Å². The molecule has 1 aliphatic rings. The van der Waals surface area contributed by atoms with E-state index < -0.39 is 29.7 Å². The number of hydrogen-bond acceptors (Lipinski definition) is 4. The first-order valence-electron chi connectivity index (χ1n) is 10.5. The van der Waals surface area contributed by atoms with E-state index in [0.717, 1.165) is 23.8 Å². The molecule has 0 aliphatic carbocycles. The third-order valence-corrected chi connectivity index (χ3v) is 5.49. The summed E-state index contributed by atoms with van der Waals surface area (Å²) >= 11 is 6.07. The molecule has 1 aromatic heterocycles. The maximum absolute atomic E-state index is 13.5. The Labute approximate surface area is 199 Å². The molecule has 174 valence electrons. The number of esters is 1. The van der Waals surface area contributed by atoms with Crippen molar-refractivity contribution >= 4 is 23.6 Å². The van der Waals surface area contributed by atoms with Crippen molar-refractivity contribution in [2.45, 2.75) is 25.5 Å². The third-order valence-electron chi connectivity index (χ3n) is 5.26. The monoisotopic (exact) mass is 483 g/mol. The van der Waals surface area contributed by atoms with Crippen molar-refractivity contribution in [1.29, 1.82) is 0 Å². The molecule has 6 nitrogen and oxygen atoms in total. The first-order valence-corrected chi connectivity index (χ1v) is 10.8. The molecule has 0 saturated heterocycles. The van der Waals surface area contributed by atoms with Gasteiger partial charge in [-0.3, -0.25) is 4.98 Å². The van der Waals surface area contributed by atoms with Crippen molar-refractivity contribution in [1.82, 2.24) is 15.6 Å². The fraction of sp³-hybridized carbons (Fsp3) is 0.160. The van der Waals surface area contributed by atoms with Gasteiger partial charge >= 0.3 is 12.0 Å². The second-order valence-electron chi connectivity index (χ2n) is 7.69. The van der Waals surface area contributed by atoms with Crippen LogP contribution in [0.5, 0.6) is 0 Å². The van der Waals surface area contributed by atoms with E-state index >= 15 is 0 Å². The van der Waals surface area contributed by atoms with Gasteiger partial charge in [-0.15, -0.1) is 0 Å². The molecule has 2 heterocycles. The van der Waals surface area contributed by atoms with Crippen molar-refractivity contribution < 1.29 is 23.1 Å². The Balaban J connectivity index is 1.64. The molecular weight excluding hydrogens is 464 g/mol. The summed E-state index contributed by atoms with van der Waals surface area (Å²) in [6.07, 6.45) is 3.93. The molecule has 0 saturated carbocycles. The predicted molar refractivity (Wildman–Crippen MR) is 122 cm³/mol. The zero-order chi connectivity index (χ0) is 24.1. The third kappa shape index (κ3) is 5.77. The van der Waals surface area contributed by atoms with Gasteiger partial charge in [-0.05, 0) is 65.9 Å². The Morgan fingerprint density at radius 2 is 1.74 bits per heavy atom. The van der Waals surface area contributed by atoms with Crippen LogP contribution in [-0.4, -0.2) is 17.0 Å². The first-order chi connectivity index (χ1) is 16.4. The van der Waals surface area contributed by atoms with Crippen LogP contribution in [0, 0.1) is 11.6 Å². The molecule has 4 rings (SSSR count). The summed E-state index contributed by atoms with van der Waals surface area (Å²) in [6, 6.07) is 12.3. The van der Waals surface area contributed by atoms with Crippen LogP contribution < -0.4 is 10.6 Å². The second-order valence-corrected chi connectivity index (χ2v) is 8.12. The van der Waals surface area contributed by atoms with Gasteiger partial charge in [0, 0.05) is 29.2 Å². The highest BCUT2D eigenvalue weighted by Crippen LogP contribution is 2.30. The zero-order valence-electron chi connectivity index (χ0n) is 17.9. The predicted octanol–water partition coefficient (Wildman–Crippen LogP) is 5.00. The number of carbonyl (C=O) groups excluding carboxylic acids is 2. The smallest absolute Gasteiger partial charge is 0.338 e. The minimum atomic E-state index is -0.789. The average Bonchev–Trinajstić information content (AvgIpc) is 2.81. The van der Waals surface area contributed by atoms with Gasteiger partial charge in [0.2, 0.25) is 0 Å². The quantitative estimate of drug-likeness (QED) is 0.464. The Bertz CT molecular complexity index is 1230. The number of hydrogen-bond donors (Lipinski definition) is 2. The van der Waals surface area contributed by atoms with Gasteiger partial charge in [0.15, 0.2) is 0 Å². The largest absolute Gasteiger partial charge is 0.457 e. The molecule has 3 aromatic rings. The number of benzene rings is 2. The van der Waals surface area contributed by atoms with Crippen LogP contribution in [-0.2, 0) is 22.6 Å². The van der Waals surface area contributed by atoms with E-state index in [4.69, 9.17) is 16.3 Å². The van der Waals surface area contributed by atoms with Crippen LogP contribution >= 0.6 is 11.6 Å². The molecule has 9 heteroatoms. The number of urea groups is 1. The number of amides is 2. The van der Waals surface area contributed by atoms with E-state index in [0.29, 0.717) is 29.1 Å². The molecular formula is C25H20ClF2N3O3. The summed E-state index contributed by atoms with van der Waals surface area (Å²) in [6.45, 7) is -0.338. The van der Waals surface area contributed by atoms with Gasteiger partial charge in [-0.1, -0.05) is 23.7 Å². The maximum atomic E-state index is 13.5. The van der Waals surface area contributed by atoms with Crippen LogP contribution in [0.1, 0.15) is 29.2 Å². The molecule has 0 radical (unpaired) electrons. The summed E-state index contributed by atoms with van der Waals surface area (Å²) in [5.41, 5.74) is 2.32. The van der Waals surface area contributed by atoms with E-state index in [1.54, 1.807) is 30.6 Å². The highest BCUT2D eigenvalue weighted by molar-refractivity contribution is 6.30. The number of pyridine rings is 1. The highest BCUT2D eigenvalue weighted by Gasteiger charge is 2.33. The van der Waals surface area contributed by atoms with E-state index in [1.807, 2.05) is 18.2 Å². The minimum Gasteiger partial charge on any atom is -0.457 e. The lowest BCUT2D eigenvalue weighted by Crippen LogP contribution is -2.46. The average molecular weight is 484 g/mol. The molecule has 0 bridgehead atoms. The fourth-order valence-corrected chi connectivity index (χ4v) is 3.96. The number of rotatable bonds is 7. The first kappa shape index (κ1) is 23.4. The van der Waals surface area contributed by atoms with Crippen molar-refractivity contribution in [2.24, 2.45) is 0 Å². The summed E-state index contributed by atoms with van der Waals surface area (Å²) in [4.78, 5) is 29.6. The number of aromatic nitrogens is 1. The van der Waals surface area contributed by atoms with Crippen molar-refractivity contribution in [3.05, 3.63) is 112 Å². The molecule has 2 aromatic carbocycles. The number of nitrogens with zero attached hydrogens (tertiary/aromatic N) is 1. The molecule has 1 aliphatic heterocycles. The fourth-order valence-electron chi connectivity index (χ4n) is 3.74. The molecule has 34 heavy (non-hydrogen) atoms. The second kappa shape index (κ2) is 10.4. The molecule has 2 N–H and O–H groups in total. The van der Waals surface area contributed by atoms with Gasteiger partial charge < -0.3 is 15.4 Å². The Morgan fingerprint density at radius 3 is 2.44 bits per heavy atom. The van der Waals surface area contributed by atoms with Crippen molar-refractivity contribution in [3.63, 3.8) is 0 Å². The lowest BCUT2D eigenvalue weighted by atomic mass is 9.93. The molecule has 0 fully saturated rings. The number of carbonyl (C=O) groups is 2. The lowest BCUT2D eigenvalue weighted by molar-refractivity contribution is -0.140. The van der Waals surface area contributed by atoms with Gasteiger partial charge in [-0.2, -0.15) is 0 Å². The molecule has 0 spiro atoms. The molecule has 1 unspecified atom stereocenters. The van der Waals surface area contributed by atoms with Crippen molar-refractivity contribution in [3.8, 4) is 0 Å². The number of halogens is 3. The Kier molecular flexibility index (Phi) is 7.18. The van der Waals surface area contributed by atoms with Crippen LogP contribution in [0.4, 0.5) is 13.6 Å². The zero-order valence-corrected chi connectivity index (χ0v) is 18.6. The van der Waals surface area contributed by atoms with Gasteiger partial charge in [0.25, 0.3) is 0 Å². The van der Waals surface area contributed by atoms with Crippen LogP contribution in [0.15, 0.2) is 78.3 Å². The SMILES string of the molecule is O=C1NC(CCc2cccc(Cl)c2)=C(C(=O)OCc2cc(F)cc(F)c2)C(c2ccncc2)N1. The Morgan fingerprint density at radius 1 is 1.00 bits per heavy atom. The van der Waals surface area contributed by atoms with Gasteiger partial charge in [0.05, 0.1) is 11.6 Å². The number of allylic oxidation sites excluding steroid dienone is 1. The van der Waals surface area contributed by atoms with Crippen LogP contribution in [0.3, 0.4) is 0 Å².